The van der Waals surface area contributed by atoms with Gasteiger partial charge in [-0.1, -0.05) is 31.2 Å². The van der Waals surface area contributed by atoms with Gasteiger partial charge in [-0.25, -0.2) is 13.1 Å². The van der Waals surface area contributed by atoms with Crippen LogP contribution >= 0.6 is 0 Å². The molecule has 1 atom stereocenters. The Kier molecular flexibility index (Phi) is 5.79. The molecule has 25 heavy (non-hydrogen) atoms. The molecule has 1 heterocycles. The number of benzene rings is 1. The Morgan fingerprint density at radius 1 is 1.20 bits per heavy atom. The van der Waals surface area contributed by atoms with Crippen LogP contribution in [0.1, 0.15) is 56.1 Å². The van der Waals surface area contributed by atoms with Gasteiger partial charge in [0.1, 0.15) is 0 Å². The van der Waals surface area contributed by atoms with Crippen LogP contribution < -0.4 is 4.72 Å². The highest BCUT2D eigenvalue weighted by atomic mass is 32.2. The van der Waals surface area contributed by atoms with Gasteiger partial charge in [-0.2, -0.15) is 0 Å². The molecular formula is C19H28N2O3S. The molecule has 1 N–H and O–H groups in total. The second-order valence-electron chi connectivity index (χ2n) is 7.18. The number of nitrogens with zero attached hydrogens (tertiary/aromatic N) is 1. The van der Waals surface area contributed by atoms with Crippen LogP contribution in [0.3, 0.4) is 0 Å². The molecule has 1 aliphatic carbocycles. The summed E-state index contributed by atoms with van der Waals surface area (Å²) in [6.07, 6.45) is 5.04. The van der Waals surface area contributed by atoms with Crippen molar-refractivity contribution in [2.75, 3.05) is 18.8 Å². The second kappa shape index (κ2) is 7.87. The molecule has 0 saturated carbocycles. The molecule has 5 nitrogen and oxygen atoms in total. The van der Waals surface area contributed by atoms with Crippen LogP contribution in [0.5, 0.6) is 0 Å². The van der Waals surface area contributed by atoms with E-state index >= 15 is 0 Å². The number of likely N-dealkylation sites (tertiary alicyclic amines) is 1. The predicted molar refractivity (Wildman–Crippen MR) is 98.9 cm³/mol. The van der Waals surface area contributed by atoms with E-state index in [9.17, 15) is 13.2 Å². The number of hydrogen-bond donors (Lipinski definition) is 1. The molecule has 0 aromatic heterocycles. The number of fused-ring (bicyclic) bond motifs is 1. The van der Waals surface area contributed by atoms with Gasteiger partial charge in [-0.15, -0.1) is 0 Å². The summed E-state index contributed by atoms with van der Waals surface area (Å²) in [5.74, 6) is 0.352. The van der Waals surface area contributed by atoms with Crippen molar-refractivity contribution in [1.29, 1.82) is 0 Å². The van der Waals surface area contributed by atoms with E-state index in [0.29, 0.717) is 32.4 Å². The third kappa shape index (κ3) is 4.42. The first kappa shape index (κ1) is 18.4. The normalized spacial score (nSPS) is 21.8. The Labute approximate surface area is 150 Å². The maximum atomic E-state index is 13.0. The Bertz CT molecular complexity index is 709. The van der Waals surface area contributed by atoms with Crippen molar-refractivity contribution in [1.82, 2.24) is 9.62 Å². The van der Waals surface area contributed by atoms with Crippen LogP contribution in [0.25, 0.3) is 0 Å². The van der Waals surface area contributed by atoms with E-state index in [0.717, 1.165) is 19.3 Å². The van der Waals surface area contributed by atoms with E-state index in [1.54, 1.807) is 0 Å². The largest absolute Gasteiger partial charge is 0.342 e. The molecule has 138 valence electrons. The molecule has 1 aromatic carbocycles. The topological polar surface area (TPSA) is 66.5 Å². The molecule has 0 radical (unpaired) electrons. The summed E-state index contributed by atoms with van der Waals surface area (Å²) in [5.41, 5.74) is 2.49. The zero-order valence-corrected chi connectivity index (χ0v) is 15.7. The molecule has 1 saturated heterocycles. The number of amides is 1. The lowest BCUT2D eigenvalue weighted by molar-refractivity contribution is -0.134. The lowest BCUT2D eigenvalue weighted by Gasteiger charge is -2.36. The first-order chi connectivity index (χ1) is 12.0. The Morgan fingerprint density at radius 3 is 2.64 bits per heavy atom. The van der Waals surface area contributed by atoms with Crippen LogP contribution in [0.15, 0.2) is 24.3 Å². The zero-order chi connectivity index (χ0) is 17.9. The summed E-state index contributed by atoms with van der Waals surface area (Å²) in [7, 11) is -3.18. The molecule has 3 rings (SSSR count). The number of hydrogen-bond acceptors (Lipinski definition) is 3. The minimum Gasteiger partial charge on any atom is -0.342 e. The third-order valence-corrected chi connectivity index (χ3v) is 6.93. The Hall–Kier alpha value is -1.40. The van der Waals surface area contributed by atoms with E-state index in [1.165, 1.54) is 11.1 Å². The van der Waals surface area contributed by atoms with Gasteiger partial charge >= 0.3 is 0 Å². The van der Waals surface area contributed by atoms with Gasteiger partial charge < -0.3 is 4.90 Å². The number of piperidine rings is 1. The van der Waals surface area contributed by atoms with Gasteiger partial charge in [0.25, 0.3) is 0 Å². The molecule has 1 aromatic rings. The maximum Gasteiger partial charge on any atom is 0.230 e. The fourth-order valence-corrected chi connectivity index (χ4v) is 5.43. The SMILES string of the molecule is CCCS(=O)(=O)NC1CCN(C(=O)C2CCCc3ccccc32)CC1. The monoisotopic (exact) mass is 364 g/mol. The van der Waals surface area contributed by atoms with Gasteiger partial charge in [0.2, 0.25) is 15.9 Å². The first-order valence-electron chi connectivity index (χ1n) is 9.37. The number of carbonyl (C=O) groups excluding carboxylic acids is 1. The Morgan fingerprint density at radius 2 is 1.92 bits per heavy atom. The molecular weight excluding hydrogens is 336 g/mol. The lowest BCUT2D eigenvalue weighted by Crippen LogP contribution is -2.48. The number of nitrogens with one attached hydrogen (secondary N) is 1. The molecule has 6 heteroatoms. The molecule has 1 unspecified atom stereocenters. The minimum absolute atomic E-state index is 0.0294. The summed E-state index contributed by atoms with van der Waals surface area (Å²) >= 11 is 0. The van der Waals surface area contributed by atoms with E-state index in [4.69, 9.17) is 0 Å². The fourth-order valence-electron chi connectivity index (χ4n) is 4.03. The van der Waals surface area contributed by atoms with Crippen molar-refractivity contribution < 1.29 is 13.2 Å². The van der Waals surface area contributed by atoms with Gasteiger partial charge in [0.15, 0.2) is 0 Å². The molecule has 0 bridgehead atoms. The summed E-state index contributed by atoms with van der Waals surface area (Å²) in [6.45, 7) is 3.14. The van der Waals surface area contributed by atoms with Crippen LogP contribution in [-0.4, -0.2) is 44.1 Å². The highest BCUT2D eigenvalue weighted by molar-refractivity contribution is 7.89. The number of rotatable bonds is 5. The molecule has 2 aliphatic rings. The molecule has 1 fully saturated rings. The first-order valence-corrected chi connectivity index (χ1v) is 11.0. The summed E-state index contributed by atoms with van der Waals surface area (Å²) in [5, 5.41) is 0. The number of aryl methyl sites for hydroxylation is 1. The van der Waals surface area contributed by atoms with Crippen molar-refractivity contribution in [2.45, 2.75) is 57.4 Å². The minimum atomic E-state index is -3.18. The highest BCUT2D eigenvalue weighted by Crippen LogP contribution is 2.33. The molecule has 0 spiro atoms. The predicted octanol–water partition coefficient (Wildman–Crippen LogP) is 2.43. The van der Waals surface area contributed by atoms with Crippen molar-refractivity contribution >= 4 is 15.9 Å². The molecule has 1 amide bonds. The van der Waals surface area contributed by atoms with Crippen LogP contribution in [0.2, 0.25) is 0 Å². The van der Waals surface area contributed by atoms with Crippen molar-refractivity contribution in [3.63, 3.8) is 0 Å². The highest BCUT2D eigenvalue weighted by Gasteiger charge is 2.32. The van der Waals surface area contributed by atoms with Gasteiger partial charge in [0.05, 0.1) is 11.7 Å². The van der Waals surface area contributed by atoms with E-state index < -0.39 is 10.0 Å². The van der Waals surface area contributed by atoms with Crippen LogP contribution in [0, 0.1) is 0 Å². The van der Waals surface area contributed by atoms with E-state index in [2.05, 4.69) is 16.9 Å². The Balaban J connectivity index is 1.59. The maximum absolute atomic E-state index is 13.0. The van der Waals surface area contributed by atoms with Gasteiger partial charge in [-0.05, 0) is 49.7 Å². The summed E-state index contributed by atoms with van der Waals surface area (Å²) in [6, 6.07) is 8.23. The summed E-state index contributed by atoms with van der Waals surface area (Å²) < 4.78 is 26.6. The van der Waals surface area contributed by atoms with Gasteiger partial charge in [0, 0.05) is 19.1 Å². The zero-order valence-electron chi connectivity index (χ0n) is 14.9. The average Bonchev–Trinajstić information content (AvgIpc) is 2.61. The standard InChI is InChI=1S/C19H28N2O3S/c1-2-14-25(23,24)20-16-10-12-21(13-11-16)19(22)18-9-5-7-15-6-3-4-8-17(15)18/h3-4,6,8,16,18,20H,2,5,7,9-14H2,1H3. The van der Waals surface area contributed by atoms with E-state index in [-0.39, 0.29) is 23.6 Å². The smallest absolute Gasteiger partial charge is 0.230 e. The summed E-state index contributed by atoms with van der Waals surface area (Å²) in [4.78, 5) is 14.9. The number of sulfonamides is 1. The van der Waals surface area contributed by atoms with Crippen molar-refractivity contribution in [3.05, 3.63) is 35.4 Å². The fraction of sp³-hybridized carbons (Fsp3) is 0.632. The van der Waals surface area contributed by atoms with Crippen molar-refractivity contribution in [3.8, 4) is 0 Å². The third-order valence-electron chi connectivity index (χ3n) is 5.29. The van der Waals surface area contributed by atoms with Crippen molar-refractivity contribution in [2.24, 2.45) is 0 Å². The average molecular weight is 365 g/mol. The van der Waals surface area contributed by atoms with Crippen LogP contribution in [0.4, 0.5) is 0 Å². The quantitative estimate of drug-likeness (QED) is 0.873. The van der Waals surface area contributed by atoms with E-state index in [1.807, 2.05) is 24.0 Å². The lowest BCUT2D eigenvalue weighted by atomic mass is 9.82. The molecule has 1 aliphatic heterocycles. The second-order valence-corrected chi connectivity index (χ2v) is 9.05. The number of carbonyl (C=O) groups is 1. The van der Waals surface area contributed by atoms with Crippen LogP contribution in [-0.2, 0) is 21.2 Å². The van der Waals surface area contributed by atoms with Gasteiger partial charge in [-0.3, -0.25) is 4.79 Å².